The lowest BCUT2D eigenvalue weighted by molar-refractivity contribution is 0.0497. The van der Waals surface area contributed by atoms with Crippen molar-refractivity contribution < 1.29 is 9.84 Å². The van der Waals surface area contributed by atoms with E-state index in [-0.39, 0.29) is 0 Å². The molecule has 19 heavy (non-hydrogen) atoms. The maximum atomic E-state index is 10.1. The molecule has 0 bridgehead atoms. The first-order valence-electron chi connectivity index (χ1n) is 6.89. The van der Waals surface area contributed by atoms with E-state index in [1.807, 2.05) is 19.1 Å². The normalized spacial score (nSPS) is 16.8. The van der Waals surface area contributed by atoms with Crippen molar-refractivity contribution in [3.63, 3.8) is 0 Å². The molecule has 4 heteroatoms. The van der Waals surface area contributed by atoms with Crippen LogP contribution in [0.15, 0.2) is 12.1 Å². The number of nitrogens with one attached hydrogen (secondary N) is 1. The number of aliphatic hydroxyl groups is 1. The van der Waals surface area contributed by atoms with Gasteiger partial charge < -0.3 is 15.2 Å². The molecular weight excluding hydrogens is 262 g/mol. The Morgan fingerprint density at radius 2 is 2.26 bits per heavy atom. The lowest BCUT2D eigenvalue weighted by Gasteiger charge is -2.23. The van der Waals surface area contributed by atoms with Crippen molar-refractivity contribution in [3.05, 3.63) is 28.3 Å². The number of benzene rings is 1. The molecule has 1 aromatic carbocycles. The van der Waals surface area contributed by atoms with E-state index in [9.17, 15) is 5.11 Å². The molecule has 1 atom stereocenters. The van der Waals surface area contributed by atoms with Crippen molar-refractivity contribution >= 4 is 11.6 Å². The minimum Gasteiger partial charge on any atom is -0.493 e. The summed E-state index contributed by atoms with van der Waals surface area (Å²) in [4.78, 5) is 0. The summed E-state index contributed by atoms with van der Waals surface area (Å²) >= 11 is 6.11. The zero-order valence-corrected chi connectivity index (χ0v) is 12.4. The van der Waals surface area contributed by atoms with Gasteiger partial charge in [0.15, 0.2) is 0 Å². The summed E-state index contributed by atoms with van der Waals surface area (Å²) in [5, 5.41) is 14.2. The van der Waals surface area contributed by atoms with E-state index < -0.39 is 5.60 Å². The lowest BCUT2D eigenvalue weighted by atomic mass is 10.0. The van der Waals surface area contributed by atoms with Gasteiger partial charge in [0.1, 0.15) is 5.75 Å². The quantitative estimate of drug-likeness (QED) is 0.843. The number of hydrogen-bond acceptors (Lipinski definition) is 3. The van der Waals surface area contributed by atoms with Gasteiger partial charge in [0.05, 0.1) is 12.2 Å². The molecule has 1 unspecified atom stereocenters. The van der Waals surface area contributed by atoms with Gasteiger partial charge in [0, 0.05) is 30.1 Å². The summed E-state index contributed by atoms with van der Waals surface area (Å²) < 4.78 is 5.65. The second-order valence-electron chi connectivity index (χ2n) is 5.50. The van der Waals surface area contributed by atoms with Crippen molar-refractivity contribution in [2.45, 2.75) is 45.3 Å². The molecule has 106 valence electrons. The van der Waals surface area contributed by atoms with Crippen LogP contribution in [0.3, 0.4) is 0 Å². The van der Waals surface area contributed by atoms with Crippen molar-refractivity contribution in [2.24, 2.45) is 0 Å². The molecular formula is C15H22ClNO2. The Morgan fingerprint density at radius 1 is 1.47 bits per heavy atom. The first kappa shape index (κ1) is 14.6. The lowest BCUT2D eigenvalue weighted by Crippen LogP contribution is -2.37. The van der Waals surface area contributed by atoms with Gasteiger partial charge in [-0.2, -0.15) is 0 Å². The Bertz CT molecular complexity index is 446. The highest BCUT2D eigenvalue weighted by molar-refractivity contribution is 6.30. The fourth-order valence-electron chi connectivity index (χ4n) is 2.57. The van der Waals surface area contributed by atoms with Crippen LogP contribution in [0.25, 0.3) is 0 Å². The molecule has 0 aliphatic carbocycles. The summed E-state index contributed by atoms with van der Waals surface area (Å²) in [6.07, 6.45) is 2.70. The first-order chi connectivity index (χ1) is 9.02. The third kappa shape index (κ3) is 3.85. The van der Waals surface area contributed by atoms with Crippen molar-refractivity contribution in [1.29, 1.82) is 0 Å². The van der Waals surface area contributed by atoms with Crippen LogP contribution in [0.1, 0.15) is 37.8 Å². The van der Waals surface area contributed by atoms with Gasteiger partial charge in [0.2, 0.25) is 0 Å². The topological polar surface area (TPSA) is 41.5 Å². The largest absolute Gasteiger partial charge is 0.493 e. The van der Waals surface area contributed by atoms with E-state index in [0.717, 1.165) is 42.2 Å². The highest BCUT2D eigenvalue weighted by atomic mass is 35.5. The molecule has 2 N–H and O–H groups in total. The molecule has 0 fully saturated rings. The maximum Gasteiger partial charge on any atom is 0.127 e. The first-order valence-corrected chi connectivity index (χ1v) is 7.27. The number of rotatable bonds is 6. The molecule has 3 nitrogen and oxygen atoms in total. The molecule has 0 radical (unpaired) electrons. The molecule has 1 heterocycles. The van der Waals surface area contributed by atoms with Gasteiger partial charge in [-0.05, 0) is 31.0 Å². The molecule has 0 amide bonds. The summed E-state index contributed by atoms with van der Waals surface area (Å²) in [5.74, 6) is 0.965. The van der Waals surface area contributed by atoms with E-state index >= 15 is 0 Å². The van der Waals surface area contributed by atoms with Gasteiger partial charge in [-0.1, -0.05) is 24.9 Å². The van der Waals surface area contributed by atoms with Crippen LogP contribution in [0.5, 0.6) is 5.75 Å². The zero-order valence-electron chi connectivity index (χ0n) is 11.6. The van der Waals surface area contributed by atoms with E-state index in [0.29, 0.717) is 13.1 Å². The van der Waals surface area contributed by atoms with E-state index in [2.05, 4.69) is 12.2 Å². The standard InChI is InChI=1S/C15H22ClNO2/c1-3-5-15(2,18)10-17-9-12-8-13(16)7-11-4-6-19-14(11)12/h7-8,17-18H,3-6,9-10H2,1-2H3. The summed E-state index contributed by atoms with van der Waals surface area (Å²) in [6.45, 7) is 5.91. The Kier molecular flexibility index (Phi) is 4.71. The Morgan fingerprint density at radius 3 is 3.00 bits per heavy atom. The fraction of sp³-hybridized carbons (Fsp3) is 0.600. The van der Waals surface area contributed by atoms with Crippen LogP contribution in [0.2, 0.25) is 5.02 Å². The third-order valence-corrected chi connectivity index (χ3v) is 3.65. The Balaban J connectivity index is 1.97. The number of halogens is 1. The minimum atomic E-state index is -0.655. The second kappa shape index (κ2) is 6.12. The SMILES string of the molecule is CCCC(C)(O)CNCc1cc(Cl)cc2c1OCC2. The minimum absolute atomic E-state index is 0.572. The average Bonchev–Trinajstić information content (AvgIpc) is 2.76. The van der Waals surface area contributed by atoms with Gasteiger partial charge >= 0.3 is 0 Å². The zero-order chi connectivity index (χ0) is 13.9. The number of fused-ring (bicyclic) bond motifs is 1. The molecule has 0 spiro atoms. The predicted octanol–water partition coefficient (Wildman–Crippen LogP) is 2.92. The van der Waals surface area contributed by atoms with Crippen LogP contribution >= 0.6 is 11.6 Å². The molecule has 1 aliphatic rings. The Hall–Kier alpha value is -0.770. The van der Waals surface area contributed by atoms with Crippen LogP contribution in [-0.2, 0) is 13.0 Å². The molecule has 0 saturated carbocycles. The van der Waals surface area contributed by atoms with Crippen molar-refractivity contribution in [1.82, 2.24) is 5.32 Å². The van der Waals surface area contributed by atoms with Crippen molar-refractivity contribution in [2.75, 3.05) is 13.2 Å². The molecule has 1 aromatic rings. The van der Waals surface area contributed by atoms with Gasteiger partial charge in [-0.15, -0.1) is 0 Å². The number of ether oxygens (including phenoxy) is 1. The highest BCUT2D eigenvalue weighted by Gasteiger charge is 2.20. The predicted molar refractivity (Wildman–Crippen MR) is 77.9 cm³/mol. The van der Waals surface area contributed by atoms with Crippen LogP contribution in [0.4, 0.5) is 0 Å². The molecule has 0 saturated heterocycles. The second-order valence-corrected chi connectivity index (χ2v) is 5.94. The van der Waals surface area contributed by atoms with Crippen molar-refractivity contribution in [3.8, 4) is 5.75 Å². The fourth-order valence-corrected chi connectivity index (χ4v) is 2.83. The van der Waals surface area contributed by atoms with Gasteiger partial charge in [-0.25, -0.2) is 0 Å². The average molecular weight is 284 g/mol. The number of hydrogen-bond donors (Lipinski definition) is 2. The summed E-state index contributed by atoms with van der Waals surface area (Å²) in [5.41, 5.74) is 1.61. The van der Waals surface area contributed by atoms with Gasteiger partial charge in [-0.3, -0.25) is 0 Å². The van der Waals surface area contributed by atoms with Crippen LogP contribution in [0, 0.1) is 0 Å². The molecule has 1 aliphatic heterocycles. The molecule has 0 aromatic heterocycles. The van der Waals surface area contributed by atoms with E-state index in [1.165, 1.54) is 5.56 Å². The van der Waals surface area contributed by atoms with Crippen LogP contribution < -0.4 is 10.1 Å². The highest BCUT2D eigenvalue weighted by Crippen LogP contribution is 2.32. The monoisotopic (exact) mass is 283 g/mol. The van der Waals surface area contributed by atoms with Gasteiger partial charge in [0.25, 0.3) is 0 Å². The third-order valence-electron chi connectivity index (χ3n) is 3.44. The summed E-state index contributed by atoms with van der Waals surface area (Å²) in [6, 6.07) is 3.91. The maximum absolute atomic E-state index is 10.1. The summed E-state index contributed by atoms with van der Waals surface area (Å²) in [7, 11) is 0. The van der Waals surface area contributed by atoms with E-state index in [4.69, 9.17) is 16.3 Å². The van der Waals surface area contributed by atoms with Crippen LogP contribution in [-0.4, -0.2) is 23.9 Å². The smallest absolute Gasteiger partial charge is 0.127 e. The van der Waals surface area contributed by atoms with E-state index in [1.54, 1.807) is 0 Å². The molecule has 2 rings (SSSR count). The Labute approximate surface area is 119 Å².